The molecule has 0 amide bonds. The summed E-state index contributed by atoms with van der Waals surface area (Å²) in [6.45, 7) is 2.72. The van der Waals surface area contributed by atoms with Crippen molar-refractivity contribution in [3.05, 3.63) is 77.4 Å². The maximum atomic E-state index is 12.9. The van der Waals surface area contributed by atoms with E-state index < -0.39 is 0 Å². The molecule has 0 unspecified atom stereocenters. The first-order chi connectivity index (χ1) is 16.2. The number of tetrazole rings is 1. The zero-order valence-electron chi connectivity index (χ0n) is 18.7. The number of hydrogen-bond donors (Lipinski definition) is 1. The van der Waals surface area contributed by atoms with Crippen LogP contribution in [0, 0.1) is 0 Å². The fraction of sp³-hybridized carbons (Fsp3) is 0.269. The number of imidazole rings is 1. The summed E-state index contributed by atoms with van der Waals surface area (Å²) in [4.78, 5) is 17.7. The van der Waals surface area contributed by atoms with Gasteiger partial charge < -0.3 is 4.57 Å². The van der Waals surface area contributed by atoms with Gasteiger partial charge in [-0.1, -0.05) is 61.5 Å². The molecule has 0 aliphatic heterocycles. The Kier molecular flexibility index (Phi) is 5.93. The highest BCUT2D eigenvalue weighted by Crippen LogP contribution is 2.30. The van der Waals surface area contributed by atoms with Gasteiger partial charge >= 0.3 is 0 Å². The van der Waals surface area contributed by atoms with E-state index in [1.165, 1.54) is 0 Å². The lowest BCUT2D eigenvalue weighted by Gasteiger charge is -2.12. The molecule has 1 aliphatic rings. The van der Waals surface area contributed by atoms with Crippen LogP contribution in [0.1, 0.15) is 60.2 Å². The molecular weight excluding hydrogens is 412 g/mol. The van der Waals surface area contributed by atoms with Crippen LogP contribution < -0.4 is 0 Å². The van der Waals surface area contributed by atoms with Crippen molar-refractivity contribution in [2.24, 2.45) is 0 Å². The fourth-order valence-electron chi connectivity index (χ4n) is 4.39. The highest BCUT2D eigenvalue weighted by atomic mass is 16.1. The molecule has 33 heavy (non-hydrogen) atoms. The molecule has 0 atom stereocenters. The minimum atomic E-state index is 0.205. The number of hydrogen-bond acceptors (Lipinski definition) is 5. The van der Waals surface area contributed by atoms with Gasteiger partial charge in [0.15, 0.2) is 5.78 Å². The lowest BCUT2D eigenvalue weighted by Crippen LogP contribution is -2.12. The molecule has 7 heteroatoms. The monoisotopic (exact) mass is 438 g/mol. The SMILES string of the molecule is CC/C=C/c1nc2c(n1Cc1ccc(-c3ccccc3-c3nn[nH]n3)cc1)C(=O)CCCC2. The number of carbonyl (C=O) groups is 1. The van der Waals surface area contributed by atoms with Gasteiger partial charge in [-0.15, -0.1) is 10.2 Å². The minimum Gasteiger partial charge on any atom is -0.317 e. The van der Waals surface area contributed by atoms with Crippen LogP contribution in [0.15, 0.2) is 54.6 Å². The van der Waals surface area contributed by atoms with Crippen LogP contribution >= 0.6 is 0 Å². The number of benzene rings is 2. The van der Waals surface area contributed by atoms with E-state index in [1.54, 1.807) is 0 Å². The molecule has 0 bridgehead atoms. The maximum absolute atomic E-state index is 12.9. The topological polar surface area (TPSA) is 89.3 Å². The number of ketones is 1. The molecule has 4 aromatic rings. The first-order valence-electron chi connectivity index (χ1n) is 11.5. The molecule has 0 radical (unpaired) electrons. The van der Waals surface area contributed by atoms with Gasteiger partial charge in [0.2, 0.25) is 5.82 Å². The smallest absolute Gasteiger partial charge is 0.205 e. The summed E-state index contributed by atoms with van der Waals surface area (Å²) in [5.74, 6) is 1.64. The molecule has 5 rings (SSSR count). The molecule has 0 fully saturated rings. The van der Waals surface area contributed by atoms with Crippen molar-refractivity contribution < 1.29 is 4.79 Å². The van der Waals surface area contributed by atoms with Crippen molar-refractivity contribution in [2.75, 3.05) is 0 Å². The Morgan fingerprint density at radius 3 is 2.58 bits per heavy atom. The van der Waals surface area contributed by atoms with Gasteiger partial charge in [-0.3, -0.25) is 4.79 Å². The summed E-state index contributed by atoms with van der Waals surface area (Å²) in [6, 6.07) is 16.5. The molecule has 0 spiro atoms. The molecule has 166 valence electrons. The Balaban J connectivity index is 1.48. The third-order valence-electron chi connectivity index (χ3n) is 6.02. The first kappa shape index (κ1) is 21.0. The zero-order chi connectivity index (χ0) is 22.6. The molecule has 7 nitrogen and oxygen atoms in total. The normalized spacial score (nSPS) is 13.9. The summed E-state index contributed by atoms with van der Waals surface area (Å²) in [6.07, 6.45) is 8.48. The van der Waals surface area contributed by atoms with Crippen LogP contribution in [-0.4, -0.2) is 36.0 Å². The van der Waals surface area contributed by atoms with Crippen molar-refractivity contribution in [3.63, 3.8) is 0 Å². The molecule has 0 saturated carbocycles. The molecule has 1 aliphatic carbocycles. The quantitative estimate of drug-likeness (QED) is 0.423. The van der Waals surface area contributed by atoms with Crippen LogP contribution in [0.5, 0.6) is 0 Å². The van der Waals surface area contributed by atoms with Gasteiger partial charge in [-0.2, -0.15) is 5.21 Å². The number of H-pyrrole nitrogens is 1. The Hall–Kier alpha value is -3.87. The zero-order valence-corrected chi connectivity index (χ0v) is 18.7. The van der Waals surface area contributed by atoms with E-state index in [0.29, 0.717) is 18.8 Å². The van der Waals surface area contributed by atoms with Gasteiger partial charge in [0.1, 0.15) is 11.5 Å². The largest absolute Gasteiger partial charge is 0.317 e. The number of nitrogens with one attached hydrogen (secondary N) is 1. The van der Waals surface area contributed by atoms with Crippen molar-refractivity contribution in [2.45, 2.75) is 45.6 Å². The van der Waals surface area contributed by atoms with E-state index in [4.69, 9.17) is 4.98 Å². The molecular formula is C26H26N6O. The number of aryl methyl sites for hydroxylation is 1. The third-order valence-corrected chi connectivity index (χ3v) is 6.02. The van der Waals surface area contributed by atoms with E-state index in [9.17, 15) is 4.79 Å². The Bertz CT molecular complexity index is 1290. The number of Topliss-reactive ketones (excluding diaryl/α,β-unsaturated/α-hetero) is 1. The van der Waals surface area contributed by atoms with Crippen molar-refractivity contribution >= 4 is 11.9 Å². The van der Waals surface area contributed by atoms with Gasteiger partial charge in [-0.25, -0.2) is 4.98 Å². The van der Waals surface area contributed by atoms with Crippen LogP contribution in [0.4, 0.5) is 0 Å². The summed E-state index contributed by atoms with van der Waals surface area (Å²) >= 11 is 0. The van der Waals surface area contributed by atoms with Crippen LogP contribution in [0.3, 0.4) is 0 Å². The number of aromatic nitrogens is 6. The molecule has 0 saturated heterocycles. The van der Waals surface area contributed by atoms with Crippen LogP contribution in [0.2, 0.25) is 0 Å². The average molecular weight is 439 g/mol. The number of rotatable bonds is 6. The van der Waals surface area contributed by atoms with Gasteiger partial charge in [0, 0.05) is 18.5 Å². The van der Waals surface area contributed by atoms with E-state index >= 15 is 0 Å². The molecule has 2 aromatic carbocycles. The number of allylic oxidation sites excluding steroid dienone is 1. The summed E-state index contributed by atoms with van der Waals surface area (Å²) in [5, 5.41) is 14.5. The lowest BCUT2D eigenvalue weighted by atomic mass is 9.98. The predicted molar refractivity (Wildman–Crippen MR) is 128 cm³/mol. The van der Waals surface area contributed by atoms with E-state index in [0.717, 1.165) is 65.1 Å². The van der Waals surface area contributed by atoms with Crippen molar-refractivity contribution in [1.82, 2.24) is 30.2 Å². The Morgan fingerprint density at radius 2 is 1.82 bits per heavy atom. The Labute approximate surface area is 192 Å². The number of fused-ring (bicyclic) bond motifs is 1. The summed E-state index contributed by atoms with van der Waals surface area (Å²) in [5.41, 5.74) is 5.90. The van der Waals surface area contributed by atoms with Gasteiger partial charge in [-0.05, 0) is 53.7 Å². The van der Waals surface area contributed by atoms with Crippen molar-refractivity contribution in [1.29, 1.82) is 0 Å². The van der Waals surface area contributed by atoms with Gasteiger partial charge in [0.05, 0.1) is 5.69 Å². The maximum Gasteiger partial charge on any atom is 0.205 e. The summed E-state index contributed by atoms with van der Waals surface area (Å²) < 4.78 is 2.09. The minimum absolute atomic E-state index is 0.205. The average Bonchev–Trinajstić information content (AvgIpc) is 3.45. The van der Waals surface area contributed by atoms with E-state index in [-0.39, 0.29) is 5.78 Å². The first-order valence-corrected chi connectivity index (χ1v) is 11.5. The van der Waals surface area contributed by atoms with E-state index in [2.05, 4.69) is 68.5 Å². The molecule has 2 heterocycles. The Morgan fingerprint density at radius 1 is 1.03 bits per heavy atom. The standard InChI is InChI=1S/C26H26N6O/c1-2-3-12-24-27-22-10-6-7-11-23(33)25(22)32(24)17-18-13-15-19(16-14-18)20-8-4-5-9-21(20)26-28-30-31-29-26/h3-5,8-9,12-16H,2,6-7,10-11,17H2,1H3,(H,28,29,30,31)/b12-3+. The highest BCUT2D eigenvalue weighted by Gasteiger charge is 2.24. The second-order valence-electron chi connectivity index (χ2n) is 8.27. The van der Waals surface area contributed by atoms with Crippen LogP contribution in [0.25, 0.3) is 28.6 Å². The van der Waals surface area contributed by atoms with E-state index in [1.807, 2.05) is 24.3 Å². The number of carbonyl (C=O) groups excluding carboxylic acids is 1. The van der Waals surface area contributed by atoms with Gasteiger partial charge in [0.25, 0.3) is 0 Å². The molecule has 1 N–H and O–H groups in total. The van der Waals surface area contributed by atoms with Crippen molar-refractivity contribution in [3.8, 4) is 22.5 Å². The van der Waals surface area contributed by atoms with Crippen LogP contribution in [-0.2, 0) is 13.0 Å². The predicted octanol–water partition coefficient (Wildman–Crippen LogP) is 5.11. The number of aromatic amines is 1. The second kappa shape index (κ2) is 9.32. The summed E-state index contributed by atoms with van der Waals surface area (Å²) in [7, 11) is 0. The number of nitrogens with zero attached hydrogens (tertiary/aromatic N) is 5. The third kappa shape index (κ3) is 4.26. The highest BCUT2D eigenvalue weighted by molar-refractivity contribution is 5.96. The fourth-order valence-corrected chi connectivity index (χ4v) is 4.39. The lowest BCUT2D eigenvalue weighted by molar-refractivity contribution is 0.0973. The second-order valence-corrected chi connectivity index (χ2v) is 8.27. The molecule has 2 aromatic heterocycles.